The number of rotatable bonds is 9. The minimum atomic E-state index is -4.42. The molecular formula is C26H29F3N6O2. The maximum Gasteiger partial charge on any atom is 0.411 e. The molecule has 1 aromatic heterocycles. The van der Waals surface area contributed by atoms with Gasteiger partial charge in [0, 0.05) is 30.1 Å². The van der Waals surface area contributed by atoms with Gasteiger partial charge in [0.05, 0.1) is 31.4 Å². The fourth-order valence-corrected chi connectivity index (χ4v) is 4.02. The number of aromatic nitrogens is 2. The summed E-state index contributed by atoms with van der Waals surface area (Å²) < 4.78 is 50.4. The van der Waals surface area contributed by atoms with Crippen LogP contribution in [0.1, 0.15) is 11.3 Å². The van der Waals surface area contributed by atoms with Crippen molar-refractivity contribution < 1.29 is 22.6 Å². The number of aliphatic imine (C=N–C) groups is 1. The maximum absolute atomic E-state index is 12.7. The molecule has 0 spiro atoms. The van der Waals surface area contributed by atoms with Gasteiger partial charge < -0.3 is 24.7 Å². The summed E-state index contributed by atoms with van der Waals surface area (Å²) in [6.45, 7) is 0.295. The van der Waals surface area contributed by atoms with E-state index < -0.39 is 18.4 Å². The van der Waals surface area contributed by atoms with Crippen molar-refractivity contribution in [2.45, 2.75) is 25.2 Å². The zero-order valence-electron chi connectivity index (χ0n) is 20.8. The minimum Gasteiger partial charge on any atom is -0.494 e. The van der Waals surface area contributed by atoms with E-state index in [1.807, 2.05) is 66.2 Å². The number of alkyl halides is 3. The average Bonchev–Trinajstić information content (AvgIpc) is 3.29. The van der Waals surface area contributed by atoms with Crippen molar-refractivity contribution in [1.29, 1.82) is 0 Å². The zero-order chi connectivity index (χ0) is 26.5. The predicted molar refractivity (Wildman–Crippen MR) is 136 cm³/mol. The largest absolute Gasteiger partial charge is 0.494 e. The Bertz CT molecular complexity index is 1270. The Hall–Kier alpha value is -3.83. The van der Waals surface area contributed by atoms with Crippen LogP contribution in [-0.4, -0.2) is 54.7 Å². The lowest BCUT2D eigenvalue weighted by atomic mass is 9.98. The number of methoxy groups -OCH3 is 1. The summed E-state index contributed by atoms with van der Waals surface area (Å²) in [5, 5.41) is 9.51. The molecule has 196 valence electrons. The highest BCUT2D eigenvalue weighted by Crippen LogP contribution is 2.28. The van der Waals surface area contributed by atoms with Gasteiger partial charge in [0.15, 0.2) is 0 Å². The highest BCUT2D eigenvalue weighted by molar-refractivity contribution is 5.96. The zero-order valence-corrected chi connectivity index (χ0v) is 20.8. The number of hydrogen-bond acceptors (Lipinski definition) is 7. The molecule has 3 N–H and O–H groups in total. The lowest BCUT2D eigenvalue weighted by Crippen LogP contribution is -2.50. The van der Waals surface area contributed by atoms with Crippen LogP contribution in [0, 0.1) is 6.92 Å². The molecule has 4 rings (SSSR count). The number of anilines is 1. The van der Waals surface area contributed by atoms with E-state index in [1.165, 1.54) is 0 Å². The molecule has 1 aliphatic rings. The molecule has 2 heterocycles. The van der Waals surface area contributed by atoms with Crippen LogP contribution >= 0.6 is 0 Å². The minimum absolute atomic E-state index is 0.263. The van der Waals surface area contributed by atoms with Crippen LogP contribution in [-0.2, 0) is 11.2 Å². The van der Waals surface area contributed by atoms with Crippen LogP contribution in [0.15, 0.2) is 77.8 Å². The molecule has 2 aromatic carbocycles. The molecule has 1 atom stereocenters. The molecule has 0 aliphatic carbocycles. The molecule has 1 aliphatic heterocycles. The molecule has 11 heteroatoms. The number of guanidine groups is 1. The van der Waals surface area contributed by atoms with Crippen molar-refractivity contribution in [3.05, 3.63) is 84.1 Å². The maximum atomic E-state index is 12.7. The van der Waals surface area contributed by atoms with E-state index in [9.17, 15) is 13.2 Å². The lowest BCUT2D eigenvalue weighted by molar-refractivity contribution is -0.171. The Morgan fingerprint density at radius 1 is 1.14 bits per heavy atom. The third-order valence-electron chi connectivity index (χ3n) is 5.71. The van der Waals surface area contributed by atoms with E-state index in [-0.39, 0.29) is 6.61 Å². The molecular weight excluding hydrogens is 485 g/mol. The molecule has 0 amide bonds. The topological polar surface area (TPSA) is 84.7 Å². The molecule has 1 unspecified atom stereocenters. The first-order chi connectivity index (χ1) is 17.7. The van der Waals surface area contributed by atoms with E-state index in [4.69, 9.17) is 14.5 Å². The summed E-state index contributed by atoms with van der Waals surface area (Å²) in [6, 6.07) is 15.3. The molecule has 0 saturated carbocycles. The second-order valence-electron chi connectivity index (χ2n) is 8.63. The molecule has 0 radical (unpaired) electrons. The van der Waals surface area contributed by atoms with Crippen LogP contribution in [0.2, 0.25) is 0 Å². The smallest absolute Gasteiger partial charge is 0.411 e. The number of nitrogens with one attached hydrogen (secondary N) is 3. The second-order valence-corrected chi connectivity index (χ2v) is 8.63. The van der Waals surface area contributed by atoms with Gasteiger partial charge in [0.2, 0.25) is 5.96 Å². The van der Waals surface area contributed by atoms with Crippen LogP contribution in [0.25, 0.3) is 5.69 Å². The summed E-state index contributed by atoms with van der Waals surface area (Å²) in [6.07, 6.45) is 1.41. The summed E-state index contributed by atoms with van der Waals surface area (Å²) in [5.74, 6) is 0.957. The van der Waals surface area contributed by atoms with Crippen molar-refractivity contribution >= 4 is 11.6 Å². The Balaban J connectivity index is 1.61. The van der Waals surface area contributed by atoms with Crippen LogP contribution in [0.4, 0.5) is 18.9 Å². The van der Waals surface area contributed by atoms with E-state index in [1.54, 1.807) is 26.6 Å². The average molecular weight is 515 g/mol. The SMILES string of the molecule is CNC1(Cc2ccccc2)C=C(COCC(F)(F)F)NC(Nc2ccc(-n3cnc(C)c3)c(OC)c2)=N1. The Labute approximate surface area is 213 Å². The first-order valence-electron chi connectivity index (χ1n) is 11.6. The van der Waals surface area contributed by atoms with Crippen LogP contribution in [0.3, 0.4) is 0 Å². The number of nitrogens with zero attached hydrogens (tertiary/aromatic N) is 3. The van der Waals surface area contributed by atoms with Gasteiger partial charge in [0.25, 0.3) is 0 Å². The van der Waals surface area contributed by atoms with Crippen LogP contribution in [0.5, 0.6) is 5.75 Å². The van der Waals surface area contributed by atoms with E-state index in [2.05, 4.69) is 20.9 Å². The second kappa shape index (κ2) is 11.1. The lowest BCUT2D eigenvalue weighted by Gasteiger charge is -2.33. The number of ether oxygens (including phenoxy) is 2. The standard InChI is InChI=1S/C26H29F3N6O2/c1-18-14-35(17-31-18)22-10-9-20(11-23(22)36-3)32-24-33-21(15-37-16-26(27,28)29)13-25(30-2,34-24)12-19-7-5-4-6-8-19/h4-11,13-14,17,30H,12,15-16H2,1-3H3,(H2,32,33,34). The summed E-state index contributed by atoms with van der Waals surface area (Å²) in [4.78, 5) is 9.10. The fraction of sp³-hybridized carbons (Fsp3) is 0.308. The first kappa shape index (κ1) is 26.2. The van der Waals surface area contributed by atoms with E-state index in [0.29, 0.717) is 29.5 Å². The highest BCUT2D eigenvalue weighted by atomic mass is 19.4. The third-order valence-corrected chi connectivity index (χ3v) is 5.71. The first-order valence-corrected chi connectivity index (χ1v) is 11.6. The van der Waals surface area contributed by atoms with Crippen LogP contribution < -0.4 is 20.7 Å². The van der Waals surface area contributed by atoms with E-state index in [0.717, 1.165) is 16.9 Å². The number of likely N-dealkylation sites (N-methyl/N-ethyl adjacent to an activating group) is 1. The Morgan fingerprint density at radius 2 is 1.92 bits per heavy atom. The molecule has 8 nitrogen and oxygen atoms in total. The number of imidazole rings is 1. The summed E-state index contributed by atoms with van der Waals surface area (Å²) >= 11 is 0. The van der Waals surface area contributed by atoms with Gasteiger partial charge >= 0.3 is 6.18 Å². The predicted octanol–water partition coefficient (Wildman–Crippen LogP) is 4.18. The molecule has 0 fully saturated rings. The number of aryl methyl sites for hydroxylation is 1. The van der Waals surface area contributed by atoms with Crippen molar-refractivity contribution in [3.63, 3.8) is 0 Å². The highest BCUT2D eigenvalue weighted by Gasteiger charge is 2.32. The summed E-state index contributed by atoms with van der Waals surface area (Å²) in [7, 11) is 3.33. The van der Waals surface area contributed by atoms with Crippen molar-refractivity contribution in [3.8, 4) is 11.4 Å². The normalized spacial score (nSPS) is 17.6. The third kappa shape index (κ3) is 6.89. The van der Waals surface area contributed by atoms with Gasteiger partial charge in [0.1, 0.15) is 18.0 Å². The van der Waals surface area contributed by atoms with Crippen molar-refractivity contribution in [2.24, 2.45) is 4.99 Å². The van der Waals surface area contributed by atoms with Gasteiger partial charge in [-0.1, -0.05) is 30.3 Å². The van der Waals surface area contributed by atoms with Crippen molar-refractivity contribution in [2.75, 3.05) is 32.7 Å². The Kier molecular flexibility index (Phi) is 7.84. The quantitative estimate of drug-likeness (QED) is 0.397. The molecule has 3 aromatic rings. The van der Waals surface area contributed by atoms with Gasteiger partial charge in [-0.05, 0) is 37.7 Å². The number of benzene rings is 2. The summed E-state index contributed by atoms with van der Waals surface area (Å²) in [5.41, 5.74) is 2.90. The number of hydrogen-bond donors (Lipinski definition) is 3. The van der Waals surface area contributed by atoms with Gasteiger partial charge in [-0.3, -0.25) is 5.32 Å². The molecule has 0 bridgehead atoms. The molecule has 37 heavy (non-hydrogen) atoms. The van der Waals surface area contributed by atoms with Crippen molar-refractivity contribution in [1.82, 2.24) is 20.2 Å². The fourth-order valence-electron chi connectivity index (χ4n) is 4.02. The van der Waals surface area contributed by atoms with Gasteiger partial charge in [-0.15, -0.1) is 0 Å². The molecule has 0 saturated heterocycles. The monoisotopic (exact) mass is 514 g/mol. The Morgan fingerprint density at radius 3 is 2.57 bits per heavy atom. The van der Waals surface area contributed by atoms with Gasteiger partial charge in [-0.2, -0.15) is 13.2 Å². The van der Waals surface area contributed by atoms with Gasteiger partial charge in [-0.25, -0.2) is 9.98 Å². The van der Waals surface area contributed by atoms with E-state index >= 15 is 0 Å². The number of halogens is 3.